The number of hydrogen-bond donors (Lipinski definition) is 1. The van der Waals surface area contributed by atoms with Crippen LogP contribution < -0.4 is 10.1 Å². The zero-order valence-electron chi connectivity index (χ0n) is 12.9. The molecule has 0 aliphatic carbocycles. The molecule has 1 fully saturated rings. The summed E-state index contributed by atoms with van der Waals surface area (Å²) < 4.78 is 5.69. The third-order valence-corrected chi connectivity index (χ3v) is 3.74. The van der Waals surface area contributed by atoms with E-state index in [1.165, 1.54) is 0 Å². The minimum absolute atomic E-state index is 0.0792. The van der Waals surface area contributed by atoms with Crippen molar-refractivity contribution < 1.29 is 14.3 Å². The zero-order valence-corrected chi connectivity index (χ0v) is 13.6. The maximum Gasteiger partial charge on any atom is 0.328 e. The molecule has 0 aromatic heterocycles. The second-order valence-corrected chi connectivity index (χ2v) is 5.47. The number of hydrogen-bond acceptors (Lipinski definition) is 3. The average Bonchev–Trinajstić information content (AvgIpc) is 2.75. The van der Waals surface area contributed by atoms with Gasteiger partial charge in [-0.05, 0) is 44.0 Å². The first kappa shape index (κ1) is 16.4. The first-order valence-electron chi connectivity index (χ1n) is 7.27. The van der Waals surface area contributed by atoms with Gasteiger partial charge in [0.05, 0.1) is 11.1 Å². The van der Waals surface area contributed by atoms with E-state index in [-0.39, 0.29) is 17.7 Å². The highest BCUT2D eigenvalue weighted by atomic mass is 35.5. The van der Waals surface area contributed by atoms with Crippen LogP contribution in [0.25, 0.3) is 6.08 Å². The monoisotopic (exact) mass is 322 g/mol. The summed E-state index contributed by atoms with van der Waals surface area (Å²) in [6, 6.07) is 4.87. The fourth-order valence-corrected chi connectivity index (χ4v) is 2.26. The summed E-state index contributed by atoms with van der Waals surface area (Å²) in [6.45, 7) is 6.09. The number of urea groups is 1. The third-order valence-electron chi connectivity index (χ3n) is 3.45. The number of carbonyl (C=O) groups excluding carboxylic acids is 2. The Morgan fingerprint density at radius 1 is 1.36 bits per heavy atom. The summed E-state index contributed by atoms with van der Waals surface area (Å²) in [5.74, 6) is 0.277. The second kappa shape index (κ2) is 6.83. The second-order valence-electron chi connectivity index (χ2n) is 5.06. The van der Waals surface area contributed by atoms with Crippen LogP contribution in [0.2, 0.25) is 5.02 Å². The number of ether oxygens (including phenoxy) is 1. The first-order valence-corrected chi connectivity index (χ1v) is 7.64. The first-order chi connectivity index (χ1) is 10.5. The smallest absolute Gasteiger partial charge is 0.328 e. The number of benzene rings is 1. The van der Waals surface area contributed by atoms with Crippen LogP contribution in [-0.4, -0.2) is 29.5 Å². The molecule has 1 aliphatic rings. The van der Waals surface area contributed by atoms with E-state index in [1.54, 1.807) is 31.2 Å². The van der Waals surface area contributed by atoms with Crippen LogP contribution in [0.1, 0.15) is 32.8 Å². The van der Waals surface area contributed by atoms with E-state index in [2.05, 4.69) is 5.32 Å². The molecule has 22 heavy (non-hydrogen) atoms. The van der Waals surface area contributed by atoms with Crippen LogP contribution in [0.15, 0.2) is 23.9 Å². The van der Waals surface area contributed by atoms with Gasteiger partial charge in [-0.1, -0.05) is 24.6 Å². The van der Waals surface area contributed by atoms with Crippen LogP contribution in [-0.2, 0) is 4.79 Å². The van der Waals surface area contributed by atoms with Gasteiger partial charge in [-0.15, -0.1) is 0 Å². The molecule has 0 spiro atoms. The van der Waals surface area contributed by atoms with Gasteiger partial charge in [0.15, 0.2) is 0 Å². The molecular weight excluding hydrogens is 304 g/mol. The van der Waals surface area contributed by atoms with Gasteiger partial charge in [-0.3, -0.25) is 9.69 Å². The molecule has 1 aromatic rings. The number of amides is 3. The quantitative estimate of drug-likeness (QED) is 0.667. The Hall–Kier alpha value is -2.01. The molecule has 1 aromatic carbocycles. The van der Waals surface area contributed by atoms with E-state index < -0.39 is 6.03 Å². The molecule has 0 saturated carbocycles. The minimum atomic E-state index is -0.401. The van der Waals surface area contributed by atoms with Gasteiger partial charge in [0, 0.05) is 6.54 Å². The number of nitrogens with zero attached hydrogens (tertiary/aromatic N) is 1. The normalized spacial score (nSPS) is 17.8. The largest absolute Gasteiger partial charge is 0.489 e. The molecule has 1 atom stereocenters. The Kier molecular flexibility index (Phi) is 5.08. The van der Waals surface area contributed by atoms with Crippen LogP contribution in [0.4, 0.5) is 4.79 Å². The van der Waals surface area contributed by atoms with E-state index >= 15 is 0 Å². The van der Waals surface area contributed by atoms with Crippen molar-refractivity contribution in [1.82, 2.24) is 10.2 Å². The summed E-state index contributed by atoms with van der Waals surface area (Å²) in [7, 11) is 0. The maximum absolute atomic E-state index is 12.0. The SMILES string of the molecule is CC[C@H](C)Oc1ccc(/C=C2/NC(=O)N(CC)C2=O)cc1Cl. The average molecular weight is 323 g/mol. The topological polar surface area (TPSA) is 58.6 Å². The summed E-state index contributed by atoms with van der Waals surface area (Å²) in [4.78, 5) is 24.7. The highest BCUT2D eigenvalue weighted by Gasteiger charge is 2.31. The molecule has 2 rings (SSSR count). The van der Waals surface area contributed by atoms with E-state index in [9.17, 15) is 9.59 Å². The van der Waals surface area contributed by atoms with Crippen molar-refractivity contribution in [1.29, 1.82) is 0 Å². The molecule has 1 heterocycles. The minimum Gasteiger partial charge on any atom is -0.489 e. The van der Waals surface area contributed by atoms with Crippen LogP contribution in [0, 0.1) is 0 Å². The number of likely N-dealkylation sites (N-methyl/N-ethyl adjacent to an activating group) is 1. The molecule has 118 valence electrons. The third kappa shape index (κ3) is 3.42. The van der Waals surface area contributed by atoms with Crippen molar-refractivity contribution in [3.63, 3.8) is 0 Å². The summed E-state index contributed by atoms with van der Waals surface area (Å²) in [5, 5.41) is 3.02. The summed E-state index contributed by atoms with van der Waals surface area (Å²) >= 11 is 6.20. The lowest BCUT2D eigenvalue weighted by atomic mass is 10.1. The van der Waals surface area contributed by atoms with Crippen molar-refractivity contribution in [2.45, 2.75) is 33.3 Å². The predicted octanol–water partition coefficient (Wildman–Crippen LogP) is 3.43. The molecular formula is C16H19ClN2O3. The van der Waals surface area contributed by atoms with Gasteiger partial charge in [0.1, 0.15) is 11.4 Å². The molecule has 5 nitrogen and oxygen atoms in total. The van der Waals surface area contributed by atoms with Gasteiger partial charge in [0.2, 0.25) is 0 Å². The van der Waals surface area contributed by atoms with Gasteiger partial charge in [0.25, 0.3) is 5.91 Å². The number of halogens is 1. The van der Waals surface area contributed by atoms with Gasteiger partial charge >= 0.3 is 6.03 Å². The van der Waals surface area contributed by atoms with Crippen molar-refractivity contribution >= 4 is 29.6 Å². The Labute approximate surface area is 134 Å². The fourth-order valence-electron chi connectivity index (χ4n) is 2.03. The molecule has 1 aliphatic heterocycles. The molecule has 0 bridgehead atoms. The number of imide groups is 1. The number of rotatable bonds is 5. The highest BCUT2D eigenvalue weighted by molar-refractivity contribution is 6.32. The molecule has 6 heteroatoms. The molecule has 1 N–H and O–H groups in total. The van der Waals surface area contributed by atoms with Crippen LogP contribution in [0.5, 0.6) is 5.75 Å². The molecule has 0 unspecified atom stereocenters. The zero-order chi connectivity index (χ0) is 16.3. The Bertz CT molecular complexity index is 628. The van der Waals surface area contributed by atoms with E-state index in [0.717, 1.165) is 16.9 Å². The molecule has 0 radical (unpaired) electrons. The lowest BCUT2D eigenvalue weighted by Crippen LogP contribution is -2.30. The highest BCUT2D eigenvalue weighted by Crippen LogP contribution is 2.28. The van der Waals surface area contributed by atoms with Crippen LogP contribution in [0.3, 0.4) is 0 Å². The van der Waals surface area contributed by atoms with Crippen molar-refractivity contribution in [3.8, 4) is 5.75 Å². The maximum atomic E-state index is 12.0. The molecule has 1 saturated heterocycles. The lowest BCUT2D eigenvalue weighted by Gasteiger charge is -2.14. The van der Waals surface area contributed by atoms with E-state index in [4.69, 9.17) is 16.3 Å². The Morgan fingerprint density at radius 3 is 2.64 bits per heavy atom. The van der Waals surface area contributed by atoms with Crippen molar-refractivity contribution in [2.75, 3.05) is 6.54 Å². The van der Waals surface area contributed by atoms with E-state index in [1.807, 2.05) is 13.8 Å². The van der Waals surface area contributed by atoms with Gasteiger partial charge in [-0.25, -0.2) is 4.79 Å². The molecule has 3 amide bonds. The lowest BCUT2D eigenvalue weighted by molar-refractivity contribution is -0.122. The standard InChI is InChI=1S/C16H19ClN2O3/c1-4-10(3)22-14-7-6-11(8-12(14)17)9-13-15(20)19(5-2)16(21)18-13/h6-10H,4-5H2,1-3H3,(H,18,21)/b13-9+/t10-/m0/s1. The van der Waals surface area contributed by atoms with E-state index in [0.29, 0.717) is 17.3 Å². The summed E-state index contributed by atoms with van der Waals surface area (Å²) in [5.41, 5.74) is 0.974. The number of nitrogens with one attached hydrogen (secondary N) is 1. The Morgan fingerprint density at radius 2 is 2.09 bits per heavy atom. The van der Waals surface area contributed by atoms with Gasteiger partial charge < -0.3 is 10.1 Å². The van der Waals surface area contributed by atoms with Crippen molar-refractivity contribution in [2.24, 2.45) is 0 Å². The van der Waals surface area contributed by atoms with Crippen molar-refractivity contribution in [3.05, 3.63) is 34.5 Å². The predicted molar refractivity (Wildman–Crippen MR) is 85.7 cm³/mol. The fraction of sp³-hybridized carbons (Fsp3) is 0.375. The van der Waals surface area contributed by atoms with Gasteiger partial charge in [-0.2, -0.15) is 0 Å². The Balaban J connectivity index is 2.21. The number of carbonyl (C=O) groups is 2. The summed E-state index contributed by atoms with van der Waals surface area (Å²) in [6.07, 6.45) is 2.57. The van der Waals surface area contributed by atoms with Crippen LogP contribution >= 0.6 is 11.6 Å².